The Balaban J connectivity index is 1.30. The first kappa shape index (κ1) is 43.7. The van der Waals surface area contributed by atoms with Crippen LogP contribution in [0.3, 0.4) is 0 Å². The van der Waals surface area contributed by atoms with Gasteiger partial charge in [-0.15, -0.1) is 0 Å². The number of amides is 4. The van der Waals surface area contributed by atoms with E-state index in [4.69, 9.17) is 14.2 Å². The summed E-state index contributed by atoms with van der Waals surface area (Å²) in [7, 11) is -2.61. The number of benzene rings is 1. The van der Waals surface area contributed by atoms with Gasteiger partial charge in [-0.1, -0.05) is 48.0 Å². The first-order valence-corrected chi connectivity index (χ1v) is 22.6. The highest BCUT2D eigenvalue weighted by molar-refractivity contribution is 7.91. The molecule has 15 nitrogen and oxygen atoms in total. The van der Waals surface area contributed by atoms with Gasteiger partial charge in [0.2, 0.25) is 27.7 Å². The number of methoxy groups -OCH3 is 1. The number of aromatic nitrogens is 2. The van der Waals surface area contributed by atoms with Crippen LogP contribution < -0.4 is 24.8 Å². The van der Waals surface area contributed by atoms with Gasteiger partial charge in [0.1, 0.15) is 35.6 Å². The Morgan fingerprint density at radius 2 is 1.78 bits per heavy atom. The number of hydrogen-bond acceptors (Lipinski definition) is 11. The number of fused-ring (bicyclic) bond motifs is 5. The minimum absolute atomic E-state index is 0.0113. The molecule has 18 heteroatoms. The zero-order valence-electron chi connectivity index (χ0n) is 35.6. The molecule has 330 valence electrons. The Morgan fingerprint density at radius 3 is 2.40 bits per heavy atom. The second kappa shape index (κ2) is 15.5. The molecule has 4 amide bonds. The average molecular weight is 861 g/mol. The Bertz CT molecular complexity index is 2160. The number of nitrogens with one attached hydrogen (secondary N) is 3. The molecule has 5 aliphatic rings. The van der Waals surface area contributed by atoms with E-state index in [0.29, 0.717) is 37.9 Å². The molecular weight excluding hydrogens is 803 g/mol. The van der Waals surface area contributed by atoms with Crippen molar-refractivity contribution in [2.45, 2.75) is 147 Å². The fraction of sp³-hybridized carbons (Fsp3) is 0.714. The smallest absolute Gasteiger partial charge is 0.408 e. The lowest BCUT2D eigenvalue weighted by molar-refractivity contribution is -0.143. The molecule has 1 saturated heterocycles. The molecule has 4 fully saturated rings. The summed E-state index contributed by atoms with van der Waals surface area (Å²) in [5.41, 5.74) is -2.77. The van der Waals surface area contributed by atoms with Gasteiger partial charge in [0, 0.05) is 18.4 Å². The van der Waals surface area contributed by atoms with Crippen molar-refractivity contribution in [3.8, 4) is 11.6 Å². The number of nitrogens with zero attached hydrogens (tertiary/aromatic N) is 3. The molecule has 2 bridgehead atoms. The highest BCUT2D eigenvalue weighted by atomic mass is 32.2. The number of carbonyl (C=O) groups excluding carboxylic acids is 4. The first-order chi connectivity index (χ1) is 28.0. The van der Waals surface area contributed by atoms with Gasteiger partial charge >= 0.3 is 6.09 Å². The predicted molar refractivity (Wildman–Crippen MR) is 215 cm³/mol. The molecule has 1 aromatic heterocycles. The molecule has 8 unspecified atom stereocenters. The molecule has 3 saturated carbocycles. The summed E-state index contributed by atoms with van der Waals surface area (Å²) in [6.45, 7) is 12.0. The molecule has 3 heterocycles. The van der Waals surface area contributed by atoms with Crippen molar-refractivity contribution < 1.29 is 50.6 Å². The largest absolute Gasteiger partial charge is 0.497 e. The predicted octanol–water partition coefficient (Wildman–Crippen LogP) is 5.35. The number of alkyl halides is 2. The van der Waals surface area contributed by atoms with E-state index in [1.807, 2.05) is 13.8 Å². The number of sulfonamides is 1. The number of halogens is 2. The lowest BCUT2D eigenvalue weighted by Gasteiger charge is -2.36. The number of alkyl carbamates (subject to hydrolysis) is 1. The van der Waals surface area contributed by atoms with Crippen LogP contribution in [0.4, 0.5) is 13.6 Å². The zero-order valence-corrected chi connectivity index (χ0v) is 36.4. The average Bonchev–Trinajstić information content (AvgIpc) is 4.12. The maximum Gasteiger partial charge on any atom is 0.408 e. The molecule has 60 heavy (non-hydrogen) atoms. The Kier molecular flexibility index (Phi) is 11.3. The fourth-order valence-corrected chi connectivity index (χ4v) is 10.2. The summed E-state index contributed by atoms with van der Waals surface area (Å²) in [4.78, 5) is 67.4. The first-order valence-electron chi connectivity index (χ1n) is 21.1. The fourth-order valence-electron chi connectivity index (χ4n) is 8.93. The molecule has 3 N–H and O–H groups in total. The standard InChI is InChI=1S/C42H58F2N6O9S/c1-9-25-30-21-50(31(25)34(51)48-41(20-26(41)22(2)3)37(53)49-60(55,56)40(7)16-17-40)36(52)33(39(4,5)6)47-38(54)59-29-18-23(29)12-10-11-15-42(43,44)32-35(58-30)46-28-19-24(57-8)13-14-27(28)45-32/h13-14,19,22-23,25-26,29-31,33H,9-12,15-18,20-21H2,1-8H3,(H,47,54)(H,48,51)(H,49,53). The lowest BCUT2D eigenvalue weighted by atomic mass is 9.85. The van der Waals surface area contributed by atoms with Crippen LogP contribution in [0.2, 0.25) is 0 Å². The van der Waals surface area contributed by atoms with Crippen molar-refractivity contribution in [1.82, 2.24) is 30.2 Å². The molecular formula is C42H58F2N6O9S. The van der Waals surface area contributed by atoms with Crippen LogP contribution in [-0.4, -0.2) is 95.3 Å². The van der Waals surface area contributed by atoms with Gasteiger partial charge in [0.25, 0.3) is 11.8 Å². The van der Waals surface area contributed by atoms with E-state index in [9.17, 15) is 27.6 Å². The van der Waals surface area contributed by atoms with Crippen LogP contribution in [0, 0.1) is 29.1 Å². The lowest BCUT2D eigenvalue weighted by Crippen LogP contribution is -2.61. The van der Waals surface area contributed by atoms with Crippen LogP contribution in [0.25, 0.3) is 11.0 Å². The van der Waals surface area contributed by atoms with Crippen molar-refractivity contribution in [1.29, 1.82) is 0 Å². The summed E-state index contributed by atoms with van der Waals surface area (Å²) in [5.74, 6) is -7.22. The van der Waals surface area contributed by atoms with E-state index in [0.717, 1.165) is 0 Å². The maximum absolute atomic E-state index is 16.4. The summed E-state index contributed by atoms with van der Waals surface area (Å²) in [6, 6.07) is 2.11. The second-order valence-electron chi connectivity index (χ2n) is 19.1. The van der Waals surface area contributed by atoms with Crippen LogP contribution in [-0.2, 0) is 35.1 Å². The number of rotatable bonds is 8. The minimum Gasteiger partial charge on any atom is -0.497 e. The molecule has 2 aromatic rings. The molecule has 1 aromatic carbocycles. The van der Waals surface area contributed by atoms with Gasteiger partial charge in [-0.3, -0.25) is 19.1 Å². The Labute approximate surface area is 349 Å². The number of ether oxygens (including phenoxy) is 3. The molecule has 2 aliphatic heterocycles. The van der Waals surface area contributed by atoms with Crippen molar-refractivity contribution in [3.63, 3.8) is 0 Å². The van der Waals surface area contributed by atoms with E-state index < -0.39 is 110 Å². The quantitative estimate of drug-likeness (QED) is 0.310. The van der Waals surface area contributed by atoms with Crippen molar-refractivity contribution in [3.05, 3.63) is 23.9 Å². The minimum atomic E-state index is -4.07. The van der Waals surface area contributed by atoms with Gasteiger partial charge in [0.05, 0.1) is 29.4 Å². The van der Waals surface area contributed by atoms with Crippen molar-refractivity contribution in [2.24, 2.45) is 29.1 Å². The molecule has 0 radical (unpaired) electrons. The third-order valence-corrected chi connectivity index (χ3v) is 15.4. The summed E-state index contributed by atoms with van der Waals surface area (Å²) < 4.78 is 78.0. The third kappa shape index (κ3) is 8.33. The summed E-state index contributed by atoms with van der Waals surface area (Å²) in [5, 5.41) is 5.64. The van der Waals surface area contributed by atoms with E-state index in [1.54, 1.807) is 46.8 Å². The number of hydrogen-bond donors (Lipinski definition) is 3. The van der Waals surface area contributed by atoms with Crippen LogP contribution in [0.5, 0.6) is 11.6 Å². The highest BCUT2D eigenvalue weighted by Gasteiger charge is 2.65. The normalized spacial score (nSPS) is 31.3. The third-order valence-electron chi connectivity index (χ3n) is 13.3. The molecule has 0 spiro atoms. The zero-order chi connectivity index (χ0) is 43.7. The van der Waals surface area contributed by atoms with E-state index in [-0.39, 0.29) is 48.7 Å². The summed E-state index contributed by atoms with van der Waals surface area (Å²) in [6.07, 6.45) is -0.0253. The monoisotopic (exact) mass is 860 g/mol. The molecule has 3 aliphatic carbocycles. The molecule has 7 rings (SSSR count). The SMILES string of the molecule is CCC1C2CN(C(=O)C(C(C)(C)C)NC(=O)OC3CC3CCCCC(F)(F)c3nc4ccc(OC)cc4nc3O2)C1C(=O)NC1(C(=O)NS(=O)(=O)C2(C)CC2)CC1C(C)C. The Morgan fingerprint density at radius 1 is 1.07 bits per heavy atom. The molecule has 8 atom stereocenters. The van der Waals surface area contributed by atoms with Crippen molar-refractivity contribution >= 4 is 44.9 Å². The van der Waals surface area contributed by atoms with Crippen LogP contribution in [0.15, 0.2) is 18.2 Å². The van der Waals surface area contributed by atoms with Gasteiger partial charge in [-0.25, -0.2) is 23.2 Å². The van der Waals surface area contributed by atoms with E-state index in [1.165, 1.54) is 18.1 Å². The summed E-state index contributed by atoms with van der Waals surface area (Å²) >= 11 is 0. The van der Waals surface area contributed by atoms with Crippen LogP contribution >= 0.6 is 0 Å². The number of carbonyl (C=O) groups is 4. The topological polar surface area (TPSA) is 195 Å². The van der Waals surface area contributed by atoms with E-state index >= 15 is 8.78 Å². The Hall–Kier alpha value is -4.35. The maximum atomic E-state index is 16.4. The van der Waals surface area contributed by atoms with Gasteiger partial charge in [0.15, 0.2) is 5.69 Å². The van der Waals surface area contributed by atoms with Crippen molar-refractivity contribution in [2.75, 3.05) is 13.7 Å². The second-order valence-corrected chi connectivity index (χ2v) is 21.3. The van der Waals surface area contributed by atoms with E-state index in [2.05, 4.69) is 25.3 Å². The van der Waals surface area contributed by atoms with Crippen LogP contribution in [0.1, 0.15) is 112 Å². The van der Waals surface area contributed by atoms with Gasteiger partial charge in [-0.05, 0) is 87.2 Å². The van der Waals surface area contributed by atoms with Gasteiger partial charge in [-0.2, -0.15) is 8.78 Å². The highest BCUT2D eigenvalue weighted by Crippen LogP contribution is 2.51. The van der Waals surface area contributed by atoms with Gasteiger partial charge < -0.3 is 29.7 Å².